The fourth-order valence-corrected chi connectivity index (χ4v) is 0.340. The quantitative estimate of drug-likeness (QED) is 0.362. The number of allylic oxidation sites excluding steroid dienone is 4. The van der Waals surface area contributed by atoms with E-state index in [9.17, 15) is 0 Å². The molecule has 0 spiro atoms. The van der Waals surface area contributed by atoms with Gasteiger partial charge in [-0.1, -0.05) is 20.8 Å². The van der Waals surface area contributed by atoms with E-state index in [-0.39, 0.29) is 45.2 Å². The van der Waals surface area contributed by atoms with Crippen molar-refractivity contribution in [1.82, 2.24) is 0 Å². The Kier molecular flexibility index (Phi) is 69.0. The first-order valence-electron chi connectivity index (χ1n) is 5.32. The molecule has 0 bridgehead atoms. The maximum absolute atomic E-state index is 6.94. The number of hydrogen-bond donors (Lipinski definition) is 0. The van der Waals surface area contributed by atoms with Crippen molar-refractivity contribution in [2.45, 2.75) is 53.5 Å². The Hall–Kier alpha value is 1.12. The molecule has 1 nitrogen and oxygen atoms in total. The van der Waals surface area contributed by atoms with Gasteiger partial charge in [0.2, 0.25) is 0 Å². The van der Waals surface area contributed by atoms with E-state index in [4.69, 9.17) is 5.73 Å². The summed E-state index contributed by atoms with van der Waals surface area (Å²) >= 11 is 1.58. The van der Waals surface area contributed by atoms with Gasteiger partial charge < -0.3 is 26.5 Å². The Balaban J connectivity index is -0.0000000219. The van der Waals surface area contributed by atoms with E-state index < -0.39 is 0 Å². The summed E-state index contributed by atoms with van der Waals surface area (Å²) < 4.78 is 0. The Morgan fingerprint density at radius 2 is 1.35 bits per heavy atom. The number of halogens is 2. The zero-order valence-electron chi connectivity index (χ0n) is 14.5. The molecule has 5 heteroatoms. The summed E-state index contributed by atoms with van der Waals surface area (Å²) in [6.45, 7) is 13.8. The van der Waals surface area contributed by atoms with Gasteiger partial charge in [0.15, 0.2) is 0 Å². The number of rotatable bonds is 0. The Labute approximate surface area is 158 Å². The van der Waals surface area contributed by atoms with E-state index in [1.165, 1.54) is 5.92 Å². The van der Waals surface area contributed by atoms with Crippen LogP contribution in [0.5, 0.6) is 0 Å². The molecule has 1 aliphatic rings. The zero-order chi connectivity index (χ0) is 13.6. The van der Waals surface area contributed by atoms with Gasteiger partial charge in [-0.2, -0.15) is 26.8 Å². The second kappa shape index (κ2) is 32.2. The molecule has 0 atom stereocenters. The van der Waals surface area contributed by atoms with E-state index in [1.54, 1.807) is 23.3 Å². The molecular weight excluding hydrogens is 384 g/mol. The molecule has 1 aliphatic carbocycles. The van der Waals surface area contributed by atoms with Crippen molar-refractivity contribution in [3.05, 3.63) is 50.8 Å². The van der Waals surface area contributed by atoms with E-state index >= 15 is 0 Å². The summed E-state index contributed by atoms with van der Waals surface area (Å²) in [5.74, 6) is 1.42. The molecular formula is C15H34Cl2NSiZr-5. The van der Waals surface area contributed by atoms with Gasteiger partial charge in [0, 0.05) is 0 Å². The van der Waals surface area contributed by atoms with Crippen LogP contribution in [0.3, 0.4) is 0 Å². The van der Waals surface area contributed by atoms with Crippen molar-refractivity contribution >= 4 is 31.7 Å². The van der Waals surface area contributed by atoms with Crippen molar-refractivity contribution in [2.75, 3.05) is 0 Å². The second-order valence-corrected chi connectivity index (χ2v) is 4.75. The molecule has 0 fully saturated rings. The first kappa shape index (κ1) is 42.9. The van der Waals surface area contributed by atoms with Gasteiger partial charge in [-0.15, -0.1) is 36.8 Å². The molecule has 1 N–H and O–H groups in total. The van der Waals surface area contributed by atoms with Gasteiger partial charge in [0.1, 0.15) is 0 Å². The summed E-state index contributed by atoms with van der Waals surface area (Å²) in [7, 11) is 0. The summed E-state index contributed by atoms with van der Waals surface area (Å²) in [6.07, 6.45) is 10.0. The molecule has 0 saturated heterocycles. The van der Waals surface area contributed by atoms with Crippen molar-refractivity contribution in [1.29, 1.82) is 0 Å². The predicted octanol–water partition coefficient (Wildman–Crippen LogP) is 5.59. The third-order valence-electron chi connectivity index (χ3n) is 0.586. The minimum absolute atomic E-state index is 0. The third-order valence-corrected chi connectivity index (χ3v) is 0.586. The Morgan fingerprint density at radius 1 is 1.10 bits per heavy atom. The maximum atomic E-state index is 6.94. The van der Waals surface area contributed by atoms with Crippen molar-refractivity contribution in [3.8, 4) is 0 Å². The van der Waals surface area contributed by atoms with Crippen LogP contribution >= 0.6 is 24.8 Å². The molecule has 0 unspecified atom stereocenters. The van der Waals surface area contributed by atoms with E-state index in [0.29, 0.717) is 0 Å². The Morgan fingerprint density at radius 3 is 1.40 bits per heavy atom. The molecule has 0 radical (unpaired) electrons. The molecule has 0 aliphatic heterocycles. The predicted molar refractivity (Wildman–Crippen MR) is 102 cm³/mol. The van der Waals surface area contributed by atoms with Crippen LogP contribution in [-0.4, -0.2) is 12.4 Å². The standard InChI is InChI=1S/C5H5.C4H10N.C4H9.2CH3.2ClH.H2Si.Zr/c1-2-4-5-3-1;1-4(2,3)5;1-4(2)3;;;;;;/h1-3H,4H2;5H,1-3H3;1-3H3;2*1H3;2*1H;1H2;/q5*-1;;;;. The second-order valence-electron chi connectivity index (χ2n) is 4.75. The van der Waals surface area contributed by atoms with Crippen LogP contribution in [0.15, 0.2) is 18.2 Å². The third kappa shape index (κ3) is 168. The average Bonchev–Trinajstić information content (AvgIpc) is 2.58. The molecule has 1 rings (SSSR count). The van der Waals surface area contributed by atoms with Gasteiger partial charge >= 0.3 is 30.2 Å². The molecule has 0 heterocycles. The van der Waals surface area contributed by atoms with Crippen LogP contribution in [-0.2, 0) is 23.3 Å². The van der Waals surface area contributed by atoms with Gasteiger partial charge in [0.05, 0.1) is 0 Å². The zero-order valence-corrected chi connectivity index (χ0v) is 20.0. The van der Waals surface area contributed by atoms with E-state index in [2.05, 4.69) is 32.9 Å². The summed E-state index contributed by atoms with van der Waals surface area (Å²) in [5.41, 5.74) is 6.69. The monoisotopic (exact) mass is 416 g/mol. The van der Waals surface area contributed by atoms with Crippen molar-refractivity contribution in [2.24, 2.45) is 0 Å². The summed E-state index contributed by atoms with van der Waals surface area (Å²) in [5, 5.41) is 0. The average molecular weight is 419 g/mol. The van der Waals surface area contributed by atoms with Crippen LogP contribution in [0.1, 0.15) is 48.0 Å². The van der Waals surface area contributed by atoms with Gasteiger partial charge in [0.25, 0.3) is 0 Å². The molecule has 0 aromatic heterocycles. The van der Waals surface area contributed by atoms with Gasteiger partial charge in [-0.05, 0) is 0 Å². The minimum atomic E-state index is -0.250. The van der Waals surface area contributed by atoms with Crippen LogP contribution in [0.25, 0.3) is 5.73 Å². The van der Waals surface area contributed by atoms with E-state index in [1.807, 2.05) is 39.8 Å². The molecule has 0 aromatic rings. The fourth-order valence-electron chi connectivity index (χ4n) is 0.340. The van der Waals surface area contributed by atoms with E-state index in [0.717, 1.165) is 6.42 Å². The SMILES string of the molecule is CC(C)(C)[NH-].C[C-](C)C.Cl.Cl.[C-]1=CC=CC1.[CH3-].[CH3-].[SiH2]=[Zr]. The van der Waals surface area contributed by atoms with Gasteiger partial charge in [-0.25, -0.2) is 12.2 Å². The van der Waals surface area contributed by atoms with Crippen LogP contribution < -0.4 is 0 Å². The molecule has 0 amide bonds. The molecule has 20 heavy (non-hydrogen) atoms. The summed E-state index contributed by atoms with van der Waals surface area (Å²) in [4.78, 5) is 0. The van der Waals surface area contributed by atoms with Crippen LogP contribution in [0, 0.1) is 26.8 Å². The molecule has 126 valence electrons. The van der Waals surface area contributed by atoms with Crippen molar-refractivity contribution in [3.63, 3.8) is 0 Å². The topological polar surface area (TPSA) is 23.8 Å². The summed E-state index contributed by atoms with van der Waals surface area (Å²) in [6, 6.07) is 0. The molecule has 0 saturated carbocycles. The number of nitrogens with one attached hydrogen (secondary N) is 1. The Bertz CT molecular complexity index is 172. The normalized spacial score (nSPS) is 9.35. The first-order chi connectivity index (χ1) is 7.23. The number of hydrogen-bond acceptors (Lipinski definition) is 0. The van der Waals surface area contributed by atoms with Crippen LogP contribution in [0.4, 0.5) is 0 Å². The van der Waals surface area contributed by atoms with Crippen molar-refractivity contribution < 1.29 is 23.3 Å². The van der Waals surface area contributed by atoms with Crippen LogP contribution in [0.2, 0.25) is 0 Å². The van der Waals surface area contributed by atoms with Gasteiger partial charge in [-0.3, -0.25) is 6.08 Å². The molecule has 0 aromatic carbocycles. The first-order valence-corrected chi connectivity index (χ1v) is 11.2. The fraction of sp³-hybridized carbons (Fsp3) is 0.533.